The molecule has 0 atom stereocenters. The molecule has 0 aromatic rings. The van der Waals surface area contributed by atoms with E-state index in [1.165, 1.54) is 19.3 Å². The Morgan fingerprint density at radius 3 is 3.00 bits per heavy atom. The van der Waals surface area contributed by atoms with Crippen molar-refractivity contribution in [1.29, 1.82) is 0 Å². The molecule has 1 aliphatic rings. The summed E-state index contributed by atoms with van der Waals surface area (Å²) in [4.78, 5) is 0. The predicted octanol–water partition coefficient (Wildman–Crippen LogP) is 2.47. The van der Waals surface area contributed by atoms with Crippen LogP contribution in [0.3, 0.4) is 0 Å². The summed E-state index contributed by atoms with van der Waals surface area (Å²) in [5, 5.41) is 0. The first-order valence-corrected chi connectivity index (χ1v) is 3.22. The molecule has 0 saturated heterocycles. The largest absolute Gasteiger partial charge is 2.00 e. The van der Waals surface area contributed by atoms with Crippen LogP contribution in [0.4, 0.5) is 0 Å². The molecular weight excluding hydrogens is 197 g/mol. The van der Waals surface area contributed by atoms with Crippen LogP contribution in [0.25, 0.3) is 0 Å². The quantitative estimate of drug-likeness (QED) is 0.424. The van der Waals surface area contributed by atoms with E-state index in [0.717, 1.165) is 6.42 Å². The summed E-state index contributed by atoms with van der Waals surface area (Å²) in [5.74, 6) is 0. The van der Waals surface area contributed by atoms with Crippen LogP contribution in [-0.4, -0.2) is 0 Å². The maximum Gasteiger partial charge on any atom is 2.00 e. The van der Waals surface area contributed by atoms with Gasteiger partial charge in [0.2, 0.25) is 0 Å². The molecule has 0 N–H and O–H groups in total. The summed E-state index contributed by atoms with van der Waals surface area (Å²) in [7, 11) is 0. The van der Waals surface area contributed by atoms with E-state index in [-0.39, 0.29) is 19.5 Å². The van der Waals surface area contributed by atoms with Crippen LogP contribution in [0, 0.1) is 6.08 Å². The van der Waals surface area contributed by atoms with Gasteiger partial charge in [0, 0.05) is 0 Å². The van der Waals surface area contributed by atoms with Gasteiger partial charge in [-0.3, -0.25) is 6.08 Å². The van der Waals surface area contributed by atoms with Gasteiger partial charge in [-0.2, -0.15) is 6.08 Å². The molecule has 0 heterocycles. The van der Waals surface area contributed by atoms with E-state index in [2.05, 4.69) is 18.2 Å². The third-order valence-electron chi connectivity index (χ3n) is 1.29. The van der Waals surface area contributed by atoms with Gasteiger partial charge in [0.1, 0.15) is 0 Å². The Morgan fingerprint density at radius 2 is 2.11 bits per heavy atom. The zero-order chi connectivity index (χ0) is 5.66. The van der Waals surface area contributed by atoms with Crippen LogP contribution in [-0.2, 0) is 19.5 Å². The smallest absolute Gasteiger partial charge is 0.275 e. The van der Waals surface area contributed by atoms with E-state index in [0.29, 0.717) is 0 Å². The van der Waals surface area contributed by atoms with Crippen molar-refractivity contribution >= 4 is 0 Å². The standard InChI is InChI=1S/C8H11.Ru/c1-2-4-6-8-7-5-3-1;/h1-3H,4,6-8H2;/q-1;+2/b2-1-;. The minimum Gasteiger partial charge on any atom is -0.275 e. The molecule has 0 aromatic heterocycles. The number of rotatable bonds is 0. The van der Waals surface area contributed by atoms with Gasteiger partial charge in [-0.25, -0.2) is 12.2 Å². The minimum atomic E-state index is 0. The maximum atomic E-state index is 3.18. The van der Waals surface area contributed by atoms with Crippen LogP contribution < -0.4 is 0 Å². The van der Waals surface area contributed by atoms with E-state index < -0.39 is 0 Å². The average molecular weight is 208 g/mol. The van der Waals surface area contributed by atoms with E-state index in [4.69, 9.17) is 0 Å². The van der Waals surface area contributed by atoms with Gasteiger partial charge in [0.05, 0.1) is 0 Å². The Balaban J connectivity index is 0.000000640. The maximum absolute atomic E-state index is 3.18. The molecule has 0 unspecified atom stereocenters. The Morgan fingerprint density at radius 1 is 1.22 bits per heavy atom. The third-order valence-corrected chi connectivity index (χ3v) is 1.29. The Kier molecular flexibility index (Phi) is 6.30. The van der Waals surface area contributed by atoms with E-state index in [9.17, 15) is 0 Å². The van der Waals surface area contributed by atoms with Crippen LogP contribution in [0.2, 0.25) is 0 Å². The van der Waals surface area contributed by atoms with E-state index >= 15 is 0 Å². The summed E-state index contributed by atoms with van der Waals surface area (Å²) in [6.07, 6.45) is 14.5. The fraction of sp³-hybridized carbons (Fsp3) is 0.500. The van der Waals surface area contributed by atoms with E-state index in [1.807, 2.05) is 6.08 Å². The third kappa shape index (κ3) is 4.60. The molecule has 1 heteroatoms. The summed E-state index contributed by atoms with van der Waals surface area (Å²) in [6.45, 7) is 0. The minimum absolute atomic E-state index is 0. The van der Waals surface area contributed by atoms with Crippen LogP contribution in [0.1, 0.15) is 25.7 Å². The summed E-state index contributed by atoms with van der Waals surface area (Å²) in [5.41, 5.74) is 0. The molecule has 0 aromatic carbocycles. The van der Waals surface area contributed by atoms with Gasteiger partial charge >= 0.3 is 19.5 Å². The zero-order valence-electron chi connectivity index (χ0n) is 5.41. The molecule has 1 aliphatic carbocycles. The van der Waals surface area contributed by atoms with Gasteiger partial charge < -0.3 is 0 Å². The SMILES string of the molecule is [C-]1=C/C=C\CCCC1.[Ru+2]. The molecule has 0 nitrogen and oxygen atoms in total. The van der Waals surface area contributed by atoms with Crippen molar-refractivity contribution in [1.82, 2.24) is 0 Å². The van der Waals surface area contributed by atoms with Gasteiger partial charge in [0.15, 0.2) is 0 Å². The fourth-order valence-corrected chi connectivity index (χ4v) is 0.805. The molecule has 9 heavy (non-hydrogen) atoms. The second-order valence-electron chi connectivity index (χ2n) is 2.04. The van der Waals surface area contributed by atoms with E-state index in [1.54, 1.807) is 0 Å². The molecule has 0 saturated carbocycles. The summed E-state index contributed by atoms with van der Waals surface area (Å²) < 4.78 is 0. The molecule has 0 fully saturated rings. The van der Waals surface area contributed by atoms with Crippen LogP contribution >= 0.6 is 0 Å². The molecule has 0 aliphatic heterocycles. The summed E-state index contributed by atoms with van der Waals surface area (Å²) >= 11 is 0. The Bertz CT molecular complexity index is 89.1. The van der Waals surface area contributed by atoms with Crippen molar-refractivity contribution in [3.05, 3.63) is 24.3 Å². The normalized spacial score (nSPS) is 21.3. The fourth-order valence-electron chi connectivity index (χ4n) is 0.805. The van der Waals surface area contributed by atoms with Crippen molar-refractivity contribution in [3.63, 3.8) is 0 Å². The number of hydrogen-bond acceptors (Lipinski definition) is 0. The average Bonchev–Trinajstić information content (AvgIpc) is 1.62. The Hall–Kier alpha value is 0.103. The van der Waals surface area contributed by atoms with Crippen molar-refractivity contribution < 1.29 is 19.5 Å². The summed E-state index contributed by atoms with van der Waals surface area (Å²) in [6, 6.07) is 0. The monoisotopic (exact) mass is 209 g/mol. The van der Waals surface area contributed by atoms with Crippen molar-refractivity contribution in [2.24, 2.45) is 0 Å². The van der Waals surface area contributed by atoms with Crippen molar-refractivity contribution in [3.8, 4) is 0 Å². The topological polar surface area (TPSA) is 0 Å². The molecule has 0 amide bonds. The zero-order valence-corrected chi connectivity index (χ0v) is 7.15. The number of hydrogen-bond donors (Lipinski definition) is 0. The molecule has 1 rings (SSSR count). The number of allylic oxidation sites excluding steroid dienone is 4. The second kappa shape index (κ2) is 6.23. The van der Waals surface area contributed by atoms with Gasteiger partial charge in [-0.05, 0) is 0 Å². The van der Waals surface area contributed by atoms with Gasteiger partial charge in [-0.1, -0.05) is 19.3 Å². The molecular formula is C8H11Ru+. The molecule has 0 spiro atoms. The van der Waals surface area contributed by atoms with Gasteiger partial charge in [0.25, 0.3) is 0 Å². The van der Waals surface area contributed by atoms with Crippen molar-refractivity contribution in [2.45, 2.75) is 25.7 Å². The second-order valence-corrected chi connectivity index (χ2v) is 2.04. The van der Waals surface area contributed by atoms with Gasteiger partial charge in [-0.15, -0.1) is 6.42 Å². The molecule has 0 bridgehead atoms. The van der Waals surface area contributed by atoms with Crippen LogP contribution in [0.15, 0.2) is 18.2 Å². The first-order chi connectivity index (χ1) is 4.00. The predicted molar refractivity (Wildman–Crippen MR) is 35.4 cm³/mol. The first kappa shape index (κ1) is 9.10. The van der Waals surface area contributed by atoms with Crippen LogP contribution in [0.5, 0.6) is 0 Å². The first-order valence-electron chi connectivity index (χ1n) is 3.22. The van der Waals surface area contributed by atoms with Crippen molar-refractivity contribution in [2.75, 3.05) is 0 Å². The molecule has 50 valence electrons. The Labute approximate surface area is 69.8 Å². The molecule has 0 radical (unpaired) electrons.